The van der Waals surface area contributed by atoms with Crippen molar-refractivity contribution in [3.63, 3.8) is 0 Å². The number of fused-ring (bicyclic) bond motifs is 1. The van der Waals surface area contributed by atoms with Gasteiger partial charge in [0.2, 0.25) is 5.91 Å². The van der Waals surface area contributed by atoms with Crippen LogP contribution in [-0.4, -0.2) is 140 Å². The molecule has 0 aromatic carbocycles. The summed E-state index contributed by atoms with van der Waals surface area (Å²) in [7, 11) is 0. The van der Waals surface area contributed by atoms with Crippen molar-refractivity contribution in [1.29, 1.82) is 0 Å². The molecule has 0 unspecified atom stereocenters. The van der Waals surface area contributed by atoms with Gasteiger partial charge in [0.1, 0.15) is 35.0 Å². The first kappa shape index (κ1) is 26.7. The Bertz CT molecular complexity index is 1000. The Morgan fingerprint density at radius 1 is 1.35 bits per heavy atom. The van der Waals surface area contributed by atoms with Crippen molar-refractivity contribution in [2.45, 2.75) is 29.2 Å². The summed E-state index contributed by atoms with van der Waals surface area (Å²) in [5.41, 5.74) is 0.627. The number of carboxylic acids is 1. The summed E-state index contributed by atoms with van der Waals surface area (Å²) in [6, 6.07) is -0.779. The van der Waals surface area contributed by atoms with E-state index in [1.807, 2.05) is 6.92 Å². The van der Waals surface area contributed by atoms with Gasteiger partial charge in [-0.3, -0.25) is 14.5 Å². The summed E-state index contributed by atoms with van der Waals surface area (Å²) < 4.78 is 1.98. The maximum absolute atomic E-state index is 12.6. The van der Waals surface area contributed by atoms with E-state index in [9.17, 15) is 19.5 Å². The summed E-state index contributed by atoms with van der Waals surface area (Å²) in [6.45, 7) is 1.72. The van der Waals surface area contributed by atoms with Crippen LogP contribution in [0.5, 0.6) is 0 Å². The van der Waals surface area contributed by atoms with Gasteiger partial charge in [-0.2, -0.15) is 0 Å². The van der Waals surface area contributed by atoms with Crippen LogP contribution >= 0.6 is 34.9 Å². The number of amides is 2. The van der Waals surface area contributed by atoms with Crippen molar-refractivity contribution in [2.24, 2.45) is 0 Å². The molecule has 2 amide bonds. The van der Waals surface area contributed by atoms with Gasteiger partial charge < -0.3 is 10.4 Å². The van der Waals surface area contributed by atoms with Gasteiger partial charge in [0.05, 0.1) is 0 Å². The van der Waals surface area contributed by atoms with E-state index in [1.165, 1.54) is 50.8 Å². The van der Waals surface area contributed by atoms with Gasteiger partial charge in [0, 0.05) is 11.5 Å². The number of carbonyl (C=O) groups excluding carboxylic acids is 2. The summed E-state index contributed by atoms with van der Waals surface area (Å²) in [5, 5.41) is 31.1. The number of thioether (sulfide) groups is 2. The van der Waals surface area contributed by atoms with Crippen LogP contribution in [-0.2, 0) is 20.9 Å². The van der Waals surface area contributed by atoms with Crippen molar-refractivity contribution >= 4 is 112 Å². The van der Waals surface area contributed by atoms with Crippen molar-refractivity contribution in [3.8, 4) is 0 Å². The number of carbonyl (C=O) groups is 3. The predicted octanol–water partition coefficient (Wildman–Crippen LogP) is -1.93. The molecule has 0 radical (unpaired) electrons. The van der Waals surface area contributed by atoms with E-state index < -0.39 is 29.2 Å². The monoisotopic (exact) mass is 502 g/mol. The first-order valence-corrected chi connectivity index (χ1v) is 11.1. The van der Waals surface area contributed by atoms with Gasteiger partial charge in [-0.05, 0) is 22.9 Å². The average molecular weight is 503 g/mol. The Hall–Kier alpha value is -0.520. The van der Waals surface area contributed by atoms with Gasteiger partial charge >= 0.3 is 65.1 Å². The van der Waals surface area contributed by atoms with E-state index in [-0.39, 0.29) is 71.4 Å². The number of nitrogens with one attached hydrogen (secondary N) is 1. The molecule has 2 aromatic heterocycles. The van der Waals surface area contributed by atoms with Crippen molar-refractivity contribution in [2.75, 3.05) is 11.5 Å². The van der Waals surface area contributed by atoms with Gasteiger partial charge in [-0.1, -0.05) is 23.1 Å². The molecule has 17 heteroatoms. The molecule has 2 aliphatic heterocycles. The fourth-order valence-corrected chi connectivity index (χ4v) is 6.20. The minimum absolute atomic E-state index is 0. The third kappa shape index (κ3) is 5.89. The number of aromatic nitrogens is 6. The second kappa shape index (κ2) is 11.6. The number of rotatable bonds is 7. The minimum atomic E-state index is -1.16. The van der Waals surface area contributed by atoms with E-state index in [2.05, 4.69) is 31.0 Å². The molecule has 2 aromatic rings. The standard InChI is InChI=1S/C14H14N8O4S3.2Na.2H/c1-6-17-18-14(29-6)28-4-7-3-27-12-9(11(24)22(12)10(7)13(25)26)16-8(23)2-21-5-15-19-20-21;;;;/h5,9,12H,2-4H2,1H3,(H,16,23)(H,25,26);;;;/t9-,12-;;;;/m1..../s1. The van der Waals surface area contributed by atoms with Crippen LogP contribution < -0.4 is 5.32 Å². The predicted molar refractivity (Wildman–Crippen MR) is 117 cm³/mol. The number of tetrazole rings is 1. The van der Waals surface area contributed by atoms with Crippen molar-refractivity contribution in [3.05, 3.63) is 22.6 Å². The Kier molecular flexibility index (Phi) is 9.97. The first-order chi connectivity index (χ1) is 13.9. The summed E-state index contributed by atoms with van der Waals surface area (Å²) >= 11 is 4.24. The van der Waals surface area contributed by atoms with E-state index in [0.717, 1.165) is 9.35 Å². The Morgan fingerprint density at radius 3 is 2.74 bits per heavy atom. The van der Waals surface area contributed by atoms with Gasteiger partial charge in [-0.15, -0.1) is 27.1 Å². The molecule has 31 heavy (non-hydrogen) atoms. The van der Waals surface area contributed by atoms with Crippen LogP contribution in [0, 0.1) is 6.92 Å². The molecule has 156 valence electrons. The summed E-state index contributed by atoms with van der Waals surface area (Å²) in [4.78, 5) is 37.8. The molecular weight excluding hydrogens is 486 g/mol. The van der Waals surface area contributed by atoms with Crippen LogP contribution in [0.1, 0.15) is 5.01 Å². The fourth-order valence-electron chi connectivity index (χ4n) is 2.90. The number of aliphatic carboxylic acids is 1. The number of carboxylic acid groups (broad SMARTS) is 1. The summed E-state index contributed by atoms with van der Waals surface area (Å²) in [5.74, 6) is -1.19. The molecule has 1 fully saturated rings. The fraction of sp³-hybridized carbons (Fsp3) is 0.429. The molecule has 12 nitrogen and oxygen atoms in total. The number of hydrogen-bond acceptors (Lipinski definition) is 11. The molecule has 1 saturated heterocycles. The van der Waals surface area contributed by atoms with E-state index in [4.69, 9.17) is 0 Å². The second-order valence-corrected chi connectivity index (χ2v) is 9.60. The topological polar surface area (TPSA) is 156 Å². The molecule has 2 N–H and O–H groups in total. The van der Waals surface area contributed by atoms with Crippen LogP contribution in [0.2, 0.25) is 0 Å². The third-order valence-corrected chi connectivity index (χ3v) is 7.54. The average Bonchev–Trinajstić information content (AvgIpc) is 3.35. The van der Waals surface area contributed by atoms with Crippen LogP contribution in [0.4, 0.5) is 0 Å². The van der Waals surface area contributed by atoms with Crippen LogP contribution in [0.15, 0.2) is 21.9 Å². The second-order valence-electron chi connectivity index (χ2n) is 6.10. The summed E-state index contributed by atoms with van der Waals surface area (Å²) in [6.07, 6.45) is 1.29. The molecule has 2 aliphatic rings. The molecule has 0 bridgehead atoms. The van der Waals surface area contributed by atoms with Crippen LogP contribution in [0.25, 0.3) is 0 Å². The molecular formula is C14H16N8Na2O4S3. The van der Waals surface area contributed by atoms with E-state index >= 15 is 0 Å². The van der Waals surface area contributed by atoms with Gasteiger partial charge in [0.25, 0.3) is 5.91 Å². The van der Waals surface area contributed by atoms with Gasteiger partial charge in [-0.25, -0.2) is 9.48 Å². The SMILES string of the molecule is Cc1nnc(SCC2=C(C(=O)O)N3C(=O)[C@@H](NC(=O)Cn4cnnn4)[C@H]3SC2)s1.[NaH].[NaH]. The Balaban J connectivity index is 0.00000171. The molecule has 4 rings (SSSR count). The third-order valence-electron chi connectivity index (χ3n) is 4.14. The zero-order valence-electron chi connectivity index (χ0n) is 14.9. The molecule has 0 aliphatic carbocycles. The number of aryl methyl sites for hydroxylation is 1. The number of hydrogen-bond donors (Lipinski definition) is 2. The zero-order chi connectivity index (χ0) is 20.5. The van der Waals surface area contributed by atoms with E-state index in [0.29, 0.717) is 17.1 Å². The zero-order valence-corrected chi connectivity index (χ0v) is 17.3. The molecule has 2 atom stereocenters. The Labute approximate surface area is 232 Å². The Morgan fingerprint density at radius 2 is 2.13 bits per heavy atom. The van der Waals surface area contributed by atoms with Crippen molar-refractivity contribution < 1.29 is 19.5 Å². The van der Waals surface area contributed by atoms with E-state index in [1.54, 1.807) is 0 Å². The molecule has 0 saturated carbocycles. The van der Waals surface area contributed by atoms with Crippen LogP contribution in [0.3, 0.4) is 0 Å². The first-order valence-electron chi connectivity index (χ1n) is 8.27. The number of nitrogens with zero attached hydrogens (tertiary/aromatic N) is 7. The number of β-lactam (4-membered cyclic amide) rings is 1. The normalized spacial score (nSPS) is 19.6. The molecule has 0 spiro atoms. The molecule has 4 heterocycles. The van der Waals surface area contributed by atoms with Crippen molar-refractivity contribution in [1.82, 2.24) is 40.6 Å². The maximum atomic E-state index is 12.6. The quantitative estimate of drug-likeness (QED) is 0.247. The van der Waals surface area contributed by atoms with Gasteiger partial charge in [0.15, 0.2) is 4.34 Å².